The molecule has 0 aliphatic heterocycles. The van der Waals surface area contributed by atoms with Crippen molar-refractivity contribution in [3.05, 3.63) is 41.7 Å². The molecular weight excluding hydrogens is 210 g/mol. The lowest BCUT2D eigenvalue weighted by Crippen LogP contribution is -2.05. The highest BCUT2D eigenvalue weighted by Crippen LogP contribution is 2.12. The Hall–Kier alpha value is -1.44. The van der Waals surface area contributed by atoms with E-state index in [1.165, 1.54) is 0 Å². The lowest BCUT2D eigenvalue weighted by molar-refractivity contribution is 0.0973. The molecule has 0 aliphatic carbocycles. The van der Waals surface area contributed by atoms with Crippen LogP contribution in [0.5, 0.6) is 0 Å². The summed E-state index contributed by atoms with van der Waals surface area (Å²) in [4.78, 5) is 16.2. The third-order valence-electron chi connectivity index (χ3n) is 2.79. The van der Waals surface area contributed by atoms with Gasteiger partial charge in [0.05, 0.1) is 0 Å². The van der Waals surface area contributed by atoms with E-state index in [4.69, 9.17) is 0 Å². The monoisotopic (exact) mass is 231 g/mol. The Bertz CT molecular complexity index is 396. The zero-order valence-corrected chi connectivity index (χ0v) is 10.8. The van der Waals surface area contributed by atoms with Crippen LogP contribution in [0.1, 0.15) is 53.7 Å². The third-order valence-corrected chi connectivity index (χ3v) is 2.79. The van der Waals surface area contributed by atoms with Crippen LogP contribution in [0.4, 0.5) is 0 Å². The molecule has 1 heterocycles. The van der Waals surface area contributed by atoms with E-state index >= 15 is 0 Å². The second kappa shape index (κ2) is 7.00. The van der Waals surface area contributed by atoms with E-state index in [9.17, 15) is 4.79 Å². The summed E-state index contributed by atoms with van der Waals surface area (Å²) >= 11 is 0. The summed E-state index contributed by atoms with van der Waals surface area (Å²) < 4.78 is 0. The maximum atomic E-state index is 11.9. The number of allylic oxidation sites excluding steroid dienone is 1. The van der Waals surface area contributed by atoms with Gasteiger partial charge in [0.2, 0.25) is 0 Å². The zero-order chi connectivity index (χ0) is 12.7. The summed E-state index contributed by atoms with van der Waals surface area (Å²) in [6, 6.07) is 2.01. The number of carbonyl (C=O) groups excluding carboxylic acids is 1. The molecule has 0 unspecified atom stereocenters. The van der Waals surface area contributed by atoms with Crippen LogP contribution in [0.25, 0.3) is 0 Å². The average molecular weight is 231 g/mol. The number of carbonyl (C=O) groups is 1. The molecule has 2 nitrogen and oxygen atoms in total. The molecule has 1 aromatic rings. The summed E-state index contributed by atoms with van der Waals surface area (Å²) in [6.07, 6.45) is 8.48. The fraction of sp³-hybridized carbons (Fsp3) is 0.467. The number of nitrogens with zero attached hydrogens (tertiary/aromatic N) is 1. The Morgan fingerprint density at radius 3 is 2.76 bits per heavy atom. The molecule has 92 valence electrons. The quantitative estimate of drug-likeness (QED) is 0.403. The summed E-state index contributed by atoms with van der Waals surface area (Å²) in [7, 11) is 0. The highest BCUT2D eigenvalue weighted by atomic mass is 16.1. The summed E-state index contributed by atoms with van der Waals surface area (Å²) in [5, 5.41) is 0. The van der Waals surface area contributed by atoms with Gasteiger partial charge in [0, 0.05) is 12.6 Å². The SMILES string of the molecule is C=CCCCCCC(=O)c1ncc(C)cc1C. The van der Waals surface area contributed by atoms with E-state index in [0.29, 0.717) is 12.1 Å². The van der Waals surface area contributed by atoms with Crippen LogP contribution >= 0.6 is 0 Å². The Kier molecular flexibility index (Phi) is 5.61. The molecule has 0 fully saturated rings. The van der Waals surface area contributed by atoms with E-state index in [1.807, 2.05) is 26.0 Å². The van der Waals surface area contributed by atoms with Gasteiger partial charge >= 0.3 is 0 Å². The highest BCUT2D eigenvalue weighted by molar-refractivity contribution is 5.95. The topological polar surface area (TPSA) is 30.0 Å². The van der Waals surface area contributed by atoms with Gasteiger partial charge in [-0.25, -0.2) is 0 Å². The molecule has 0 spiro atoms. The van der Waals surface area contributed by atoms with Gasteiger partial charge in [-0.2, -0.15) is 0 Å². The van der Waals surface area contributed by atoms with Crippen molar-refractivity contribution in [2.75, 3.05) is 0 Å². The molecule has 0 saturated carbocycles. The molecule has 0 radical (unpaired) electrons. The molecule has 2 heteroatoms. The van der Waals surface area contributed by atoms with Crippen molar-refractivity contribution in [3.8, 4) is 0 Å². The Balaban J connectivity index is 2.44. The Labute approximate surface area is 104 Å². The summed E-state index contributed by atoms with van der Waals surface area (Å²) in [6.45, 7) is 7.62. The third kappa shape index (κ3) is 4.51. The molecule has 0 amide bonds. The first-order chi connectivity index (χ1) is 8.15. The molecule has 1 aromatic heterocycles. The molecule has 1 rings (SSSR count). The van der Waals surface area contributed by atoms with E-state index < -0.39 is 0 Å². The van der Waals surface area contributed by atoms with E-state index in [0.717, 1.165) is 36.8 Å². The number of Topliss-reactive ketones (excluding diaryl/α,β-unsaturated/α-hetero) is 1. The molecule has 0 aliphatic rings. The molecule has 0 aromatic carbocycles. The van der Waals surface area contributed by atoms with E-state index in [1.54, 1.807) is 6.20 Å². The van der Waals surface area contributed by atoms with Crippen molar-refractivity contribution >= 4 is 5.78 Å². The minimum absolute atomic E-state index is 0.168. The number of unbranched alkanes of at least 4 members (excludes halogenated alkanes) is 3. The van der Waals surface area contributed by atoms with Gasteiger partial charge in [0.15, 0.2) is 5.78 Å². The van der Waals surface area contributed by atoms with Crippen molar-refractivity contribution in [2.45, 2.75) is 46.0 Å². The standard InChI is InChI=1S/C15H21NO/c1-4-5-6-7-8-9-14(17)15-13(3)10-12(2)11-16-15/h4,10-11H,1,5-9H2,2-3H3. The first-order valence-electron chi connectivity index (χ1n) is 6.22. The number of hydrogen-bond donors (Lipinski definition) is 0. The zero-order valence-electron chi connectivity index (χ0n) is 10.8. The Morgan fingerprint density at radius 2 is 2.12 bits per heavy atom. The van der Waals surface area contributed by atoms with Gasteiger partial charge < -0.3 is 0 Å². The number of aryl methyl sites for hydroxylation is 2. The number of rotatable bonds is 7. The van der Waals surface area contributed by atoms with Gasteiger partial charge in [0.25, 0.3) is 0 Å². The predicted octanol–water partition coefficient (Wildman–Crippen LogP) is 4.02. The number of hydrogen-bond acceptors (Lipinski definition) is 2. The van der Waals surface area contributed by atoms with Gasteiger partial charge in [-0.05, 0) is 44.2 Å². The number of ketones is 1. The van der Waals surface area contributed by atoms with Gasteiger partial charge in [-0.1, -0.05) is 18.6 Å². The minimum atomic E-state index is 0.168. The lowest BCUT2D eigenvalue weighted by atomic mass is 10.0. The normalized spacial score (nSPS) is 10.2. The van der Waals surface area contributed by atoms with Gasteiger partial charge in [-0.3, -0.25) is 9.78 Å². The second-order valence-corrected chi connectivity index (χ2v) is 4.49. The fourth-order valence-corrected chi connectivity index (χ4v) is 1.88. The van der Waals surface area contributed by atoms with Gasteiger partial charge in [-0.15, -0.1) is 6.58 Å². The maximum Gasteiger partial charge on any atom is 0.181 e. The van der Waals surface area contributed by atoms with E-state index in [-0.39, 0.29) is 5.78 Å². The van der Waals surface area contributed by atoms with Crippen LogP contribution < -0.4 is 0 Å². The van der Waals surface area contributed by atoms with Crippen LogP contribution in [0.3, 0.4) is 0 Å². The molecular formula is C15H21NO. The van der Waals surface area contributed by atoms with Crippen molar-refractivity contribution < 1.29 is 4.79 Å². The summed E-state index contributed by atoms with van der Waals surface area (Å²) in [5.74, 6) is 0.168. The van der Waals surface area contributed by atoms with Crippen LogP contribution in [0.15, 0.2) is 24.9 Å². The number of pyridine rings is 1. The molecule has 0 saturated heterocycles. The van der Waals surface area contributed by atoms with Crippen molar-refractivity contribution in [3.63, 3.8) is 0 Å². The van der Waals surface area contributed by atoms with Crippen LogP contribution in [0, 0.1) is 13.8 Å². The minimum Gasteiger partial charge on any atom is -0.292 e. The smallest absolute Gasteiger partial charge is 0.181 e. The molecule has 0 atom stereocenters. The largest absolute Gasteiger partial charge is 0.292 e. The van der Waals surface area contributed by atoms with Crippen molar-refractivity contribution in [1.82, 2.24) is 4.98 Å². The first kappa shape index (κ1) is 13.6. The Morgan fingerprint density at radius 1 is 1.35 bits per heavy atom. The fourth-order valence-electron chi connectivity index (χ4n) is 1.88. The molecule has 0 N–H and O–H groups in total. The first-order valence-corrected chi connectivity index (χ1v) is 6.22. The molecule has 17 heavy (non-hydrogen) atoms. The average Bonchev–Trinajstić information content (AvgIpc) is 2.28. The van der Waals surface area contributed by atoms with Gasteiger partial charge in [0.1, 0.15) is 5.69 Å². The van der Waals surface area contributed by atoms with Crippen molar-refractivity contribution in [1.29, 1.82) is 0 Å². The lowest BCUT2D eigenvalue weighted by Gasteiger charge is -2.04. The van der Waals surface area contributed by atoms with Crippen LogP contribution in [-0.4, -0.2) is 10.8 Å². The number of aromatic nitrogens is 1. The van der Waals surface area contributed by atoms with Crippen molar-refractivity contribution in [2.24, 2.45) is 0 Å². The highest BCUT2D eigenvalue weighted by Gasteiger charge is 2.10. The summed E-state index contributed by atoms with van der Waals surface area (Å²) in [5.41, 5.74) is 2.73. The second-order valence-electron chi connectivity index (χ2n) is 4.49. The van der Waals surface area contributed by atoms with Crippen LogP contribution in [-0.2, 0) is 0 Å². The molecule has 0 bridgehead atoms. The van der Waals surface area contributed by atoms with E-state index in [2.05, 4.69) is 11.6 Å². The van der Waals surface area contributed by atoms with Crippen LogP contribution in [0.2, 0.25) is 0 Å². The maximum absolute atomic E-state index is 11.9. The predicted molar refractivity (Wildman–Crippen MR) is 71.3 cm³/mol.